The number of amides is 2. The van der Waals surface area contributed by atoms with Crippen LogP contribution in [0.15, 0.2) is 83.1 Å². The molecule has 3 aromatic rings. The fourth-order valence-corrected chi connectivity index (χ4v) is 4.96. The molecular formula is C31H33IN4O7. The van der Waals surface area contributed by atoms with Gasteiger partial charge in [-0.3, -0.25) is 5.43 Å². The minimum atomic E-state index is -1.11. The van der Waals surface area contributed by atoms with Crippen molar-refractivity contribution in [1.82, 2.24) is 16.1 Å². The van der Waals surface area contributed by atoms with Gasteiger partial charge in [0.2, 0.25) is 0 Å². The molecule has 1 aliphatic rings. The number of hydrazone groups is 1. The van der Waals surface area contributed by atoms with Crippen molar-refractivity contribution in [2.75, 3.05) is 20.3 Å². The topological polar surface area (TPSA) is 140 Å². The van der Waals surface area contributed by atoms with Crippen molar-refractivity contribution in [2.45, 2.75) is 32.7 Å². The van der Waals surface area contributed by atoms with E-state index in [0.717, 1.165) is 20.4 Å². The number of aliphatic hydroxyl groups excluding tert-OH is 1. The number of benzene rings is 3. The molecule has 2 atom stereocenters. The molecule has 0 saturated carbocycles. The number of allylic oxidation sites excluding steroid dienone is 1. The molecule has 12 heteroatoms. The van der Waals surface area contributed by atoms with Crippen LogP contribution in [0.25, 0.3) is 0 Å². The average molecular weight is 701 g/mol. The Labute approximate surface area is 263 Å². The van der Waals surface area contributed by atoms with Crippen LogP contribution in [0.5, 0.6) is 17.2 Å². The first kappa shape index (κ1) is 31.6. The van der Waals surface area contributed by atoms with E-state index in [1.807, 2.05) is 55.5 Å². The third-order valence-electron chi connectivity index (χ3n) is 6.30. The van der Waals surface area contributed by atoms with Crippen LogP contribution < -0.4 is 30.3 Å². The first-order chi connectivity index (χ1) is 20.8. The molecule has 43 heavy (non-hydrogen) atoms. The lowest BCUT2D eigenvalue weighted by atomic mass is 9.95. The second-order valence-electron chi connectivity index (χ2n) is 9.38. The molecule has 2 amide bonds. The molecule has 0 spiro atoms. The maximum atomic E-state index is 12.4. The number of esters is 1. The molecule has 4 rings (SSSR count). The summed E-state index contributed by atoms with van der Waals surface area (Å²) in [5.74, 6) is 0.963. The number of carbonyl (C=O) groups excluding carboxylic acids is 2. The van der Waals surface area contributed by atoms with Gasteiger partial charge in [0, 0.05) is 5.70 Å². The van der Waals surface area contributed by atoms with Gasteiger partial charge < -0.3 is 34.7 Å². The van der Waals surface area contributed by atoms with E-state index in [2.05, 4.69) is 43.8 Å². The smallest absolute Gasteiger partial charge is 0.337 e. The van der Waals surface area contributed by atoms with Crippen LogP contribution in [0.1, 0.15) is 36.6 Å². The van der Waals surface area contributed by atoms with E-state index in [0.29, 0.717) is 36.0 Å². The van der Waals surface area contributed by atoms with Crippen LogP contribution in [0.3, 0.4) is 0 Å². The number of ether oxygens (including phenoxy) is 4. The molecule has 0 fully saturated rings. The van der Waals surface area contributed by atoms with E-state index >= 15 is 0 Å². The Hall–Kier alpha value is -4.30. The highest BCUT2D eigenvalue weighted by Gasteiger charge is 2.32. The number of nitrogens with one attached hydrogen (secondary N) is 3. The zero-order valence-corrected chi connectivity index (χ0v) is 26.1. The fraction of sp³-hybridized carbons (Fsp3) is 0.258. The molecule has 3 aromatic carbocycles. The van der Waals surface area contributed by atoms with Gasteiger partial charge >= 0.3 is 12.0 Å². The van der Waals surface area contributed by atoms with E-state index in [1.165, 1.54) is 7.11 Å². The molecule has 1 heterocycles. The second kappa shape index (κ2) is 15.3. The first-order valence-electron chi connectivity index (χ1n) is 13.5. The molecule has 0 bridgehead atoms. The molecule has 226 valence electrons. The van der Waals surface area contributed by atoms with Crippen LogP contribution in [0.4, 0.5) is 4.79 Å². The van der Waals surface area contributed by atoms with E-state index < -0.39 is 24.3 Å². The number of carbonyl (C=O) groups is 2. The van der Waals surface area contributed by atoms with Crippen LogP contribution in [-0.4, -0.2) is 49.9 Å². The quantitative estimate of drug-likeness (QED) is 0.0678. The number of methoxy groups -OCH3 is 1. The lowest BCUT2D eigenvalue weighted by Crippen LogP contribution is -2.45. The first-order valence-corrected chi connectivity index (χ1v) is 14.6. The van der Waals surface area contributed by atoms with Crippen LogP contribution >= 0.6 is 22.6 Å². The van der Waals surface area contributed by atoms with Crippen molar-refractivity contribution < 1.29 is 33.6 Å². The maximum Gasteiger partial charge on any atom is 0.337 e. The minimum absolute atomic E-state index is 0.128. The number of urea groups is 1. The van der Waals surface area contributed by atoms with E-state index in [4.69, 9.17) is 18.9 Å². The molecule has 0 unspecified atom stereocenters. The Morgan fingerprint density at radius 3 is 2.56 bits per heavy atom. The summed E-state index contributed by atoms with van der Waals surface area (Å²) in [5, 5.41) is 19.9. The predicted octanol–water partition coefficient (Wildman–Crippen LogP) is 4.39. The highest BCUT2D eigenvalue weighted by Crippen LogP contribution is 2.35. The van der Waals surface area contributed by atoms with Gasteiger partial charge in [-0.15, -0.1) is 0 Å². The molecule has 0 aliphatic carbocycles. The molecule has 11 nitrogen and oxygen atoms in total. The summed E-state index contributed by atoms with van der Waals surface area (Å²) in [5.41, 5.74) is 5.83. The third-order valence-corrected chi connectivity index (χ3v) is 7.15. The van der Waals surface area contributed by atoms with Crippen LogP contribution in [0.2, 0.25) is 0 Å². The molecular weight excluding hydrogens is 667 g/mol. The molecule has 4 N–H and O–H groups in total. The van der Waals surface area contributed by atoms with Gasteiger partial charge in [0.1, 0.15) is 19.0 Å². The summed E-state index contributed by atoms with van der Waals surface area (Å²) in [6, 6.07) is 19.5. The summed E-state index contributed by atoms with van der Waals surface area (Å²) in [4.78, 5) is 24.6. The standard InChI is InChI=1S/C31H33IN4O7/c1-4-41-26-15-22(29-28(30(38)40-3)19(2)34-31(39)35-29)11-13-25(26)43-18-27(37)36-33-16-21-10-12-24(23(32)14-21)42-17-20-8-6-5-7-9-20/h5-16,27,29,36-37H,4,17-18H2,1-3H3,(H2,34,35,39)/b33-16-/t27-,29+/m0/s1. The van der Waals surface area contributed by atoms with Gasteiger partial charge in [-0.1, -0.05) is 36.4 Å². The summed E-state index contributed by atoms with van der Waals surface area (Å²) >= 11 is 2.21. The number of nitrogens with zero attached hydrogens (tertiary/aromatic N) is 1. The minimum Gasteiger partial charge on any atom is -0.490 e. The van der Waals surface area contributed by atoms with Gasteiger partial charge in [0.15, 0.2) is 17.7 Å². The predicted molar refractivity (Wildman–Crippen MR) is 169 cm³/mol. The largest absolute Gasteiger partial charge is 0.490 e. The Bertz CT molecular complexity index is 1500. The van der Waals surface area contributed by atoms with Crippen molar-refractivity contribution in [1.29, 1.82) is 0 Å². The average Bonchev–Trinajstić information content (AvgIpc) is 3.00. The summed E-state index contributed by atoms with van der Waals surface area (Å²) in [6.45, 7) is 4.15. The second-order valence-corrected chi connectivity index (χ2v) is 10.5. The summed E-state index contributed by atoms with van der Waals surface area (Å²) in [6.07, 6.45) is 0.479. The SMILES string of the molecule is CCOc1cc([C@H]2NC(=O)NC(C)=C2C(=O)OC)ccc1OC[C@H](O)N/N=C\c1ccc(OCc2ccccc2)c(I)c1. The van der Waals surface area contributed by atoms with Crippen LogP contribution in [0, 0.1) is 3.57 Å². The normalized spacial score (nSPS) is 15.4. The lowest BCUT2D eigenvalue weighted by molar-refractivity contribution is -0.136. The Balaban J connectivity index is 1.35. The fourth-order valence-electron chi connectivity index (χ4n) is 4.27. The number of hydrogen-bond acceptors (Lipinski definition) is 9. The van der Waals surface area contributed by atoms with Gasteiger partial charge in [0.05, 0.1) is 35.1 Å². The summed E-state index contributed by atoms with van der Waals surface area (Å²) < 4.78 is 23.3. The van der Waals surface area contributed by atoms with Gasteiger partial charge in [-0.25, -0.2) is 9.59 Å². The molecule has 0 saturated heterocycles. The van der Waals surface area contributed by atoms with E-state index in [1.54, 1.807) is 31.3 Å². The zero-order valence-electron chi connectivity index (χ0n) is 23.9. The Morgan fingerprint density at radius 2 is 1.84 bits per heavy atom. The van der Waals surface area contributed by atoms with Crippen molar-refractivity contribution >= 4 is 40.8 Å². The van der Waals surface area contributed by atoms with Crippen LogP contribution in [-0.2, 0) is 16.1 Å². The highest BCUT2D eigenvalue weighted by atomic mass is 127. The van der Waals surface area contributed by atoms with E-state index in [9.17, 15) is 14.7 Å². The van der Waals surface area contributed by atoms with Crippen molar-refractivity contribution in [3.8, 4) is 17.2 Å². The van der Waals surface area contributed by atoms with E-state index in [-0.39, 0.29) is 12.2 Å². The number of rotatable bonds is 13. The third kappa shape index (κ3) is 8.61. The van der Waals surface area contributed by atoms with Crippen molar-refractivity contribution in [3.05, 3.63) is 98.3 Å². The lowest BCUT2D eigenvalue weighted by Gasteiger charge is -2.28. The highest BCUT2D eigenvalue weighted by molar-refractivity contribution is 14.1. The Morgan fingerprint density at radius 1 is 1.07 bits per heavy atom. The maximum absolute atomic E-state index is 12.4. The monoisotopic (exact) mass is 700 g/mol. The zero-order chi connectivity index (χ0) is 30.8. The molecule has 0 radical (unpaired) electrons. The number of aliphatic hydroxyl groups is 1. The number of hydrogen-bond donors (Lipinski definition) is 4. The van der Waals surface area contributed by atoms with Crippen molar-refractivity contribution in [2.24, 2.45) is 5.10 Å². The Kier molecular flexibility index (Phi) is 11.2. The van der Waals surface area contributed by atoms with Gasteiger partial charge in [0.25, 0.3) is 0 Å². The summed E-state index contributed by atoms with van der Waals surface area (Å²) in [7, 11) is 1.28. The molecule has 1 aliphatic heterocycles. The van der Waals surface area contributed by atoms with Gasteiger partial charge in [-0.2, -0.15) is 5.10 Å². The molecule has 0 aromatic heterocycles. The van der Waals surface area contributed by atoms with Gasteiger partial charge in [-0.05, 0) is 83.5 Å². The number of halogens is 1. The van der Waals surface area contributed by atoms with Crippen molar-refractivity contribution in [3.63, 3.8) is 0 Å².